The molecule has 1 aliphatic rings. The summed E-state index contributed by atoms with van der Waals surface area (Å²) in [5, 5.41) is 2.80. The lowest BCUT2D eigenvalue weighted by Gasteiger charge is -2.22. The minimum absolute atomic E-state index is 0.137. The molecule has 1 saturated heterocycles. The Kier molecular flexibility index (Phi) is 3.64. The summed E-state index contributed by atoms with van der Waals surface area (Å²) in [4.78, 5) is 26.4. The van der Waals surface area contributed by atoms with Crippen molar-refractivity contribution in [2.45, 2.75) is 38.8 Å². The molecule has 0 spiro atoms. The minimum Gasteiger partial charge on any atom is -0.323 e. The van der Waals surface area contributed by atoms with E-state index in [-0.39, 0.29) is 11.9 Å². The van der Waals surface area contributed by atoms with E-state index in [1.54, 1.807) is 6.07 Å². The molecular formula is C12H15ClN2O2S. The van der Waals surface area contributed by atoms with Gasteiger partial charge in [-0.05, 0) is 25.0 Å². The first-order valence-corrected chi connectivity index (χ1v) is 7.10. The van der Waals surface area contributed by atoms with Crippen molar-refractivity contribution < 1.29 is 9.59 Å². The highest BCUT2D eigenvalue weighted by atomic mass is 35.5. The van der Waals surface area contributed by atoms with Gasteiger partial charge in [-0.3, -0.25) is 9.69 Å². The quantitative estimate of drug-likeness (QED) is 0.865. The molecule has 0 radical (unpaired) electrons. The Morgan fingerprint density at radius 3 is 2.44 bits per heavy atom. The Morgan fingerprint density at radius 1 is 1.33 bits per heavy atom. The van der Waals surface area contributed by atoms with Crippen molar-refractivity contribution in [1.29, 1.82) is 0 Å². The average Bonchev–Trinajstić information content (AvgIpc) is 2.86. The molecule has 98 valence electrons. The number of carbonyl (C=O) groups is 2. The number of rotatable bonds is 4. The summed E-state index contributed by atoms with van der Waals surface area (Å²) in [6, 6.07) is 3.30. The van der Waals surface area contributed by atoms with Gasteiger partial charge in [0.15, 0.2) is 0 Å². The lowest BCUT2D eigenvalue weighted by molar-refractivity contribution is -0.131. The molecule has 0 aliphatic carbocycles. The van der Waals surface area contributed by atoms with E-state index >= 15 is 0 Å². The highest BCUT2D eigenvalue weighted by Gasteiger charge is 2.48. The van der Waals surface area contributed by atoms with E-state index in [1.165, 1.54) is 16.2 Å². The lowest BCUT2D eigenvalue weighted by atomic mass is 9.93. The van der Waals surface area contributed by atoms with Gasteiger partial charge >= 0.3 is 6.03 Å². The molecular weight excluding hydrogens is 272 g/mol. The molecule has 2 rings (SSSR count). The van der Waals surface area contributed by atoms with Gasteiger partial charge in [-0.1, -0.05) is 25.4 Å². The molecule has 18 heavy (non-hydrogen) atoms. The number of halogens is 1. The lowest BCUT2D eigenvalue weighted by Crippen LogP contribution is -2.45. The summed E-state index contributed by atoms with van der Waals surface area (Å²) < 4.78 is 0.661. The standard InChI is InChI=1S/C12H15ClN2O2S/c1-3-12(4-2)10(16)15(11(17)14-12)7-8-5-6-9(13)18-8/h5-6H,3-4,7H2,1-2H3,(H,14,17). The van der Waals surface area contributed by atoms with E-state index in [0.29, 0.717) is 23.7 Å². The number of carbonyl (C=O) groups excluding carboxylic acids is 2. The van der Waals surface area contributed by atoms with Crippen LogP contribution in [0.25, 0.3) is 0 Å². The van der Waals surface area contributed by atoms with Crippen molar-refractivity contribution in [3.8, 4) is 0 Å². The Morgan fingerprint density at radius 2 is 2.00 bits per heavy atom. The number of amides is 3. The number of hydrogen-bond acceptors (Lipinski definition) is 3. The topological polar surface area (TPSA) is 49.4 Å². The molecule has 3 amide bonds. The first-order chi connectivity index (χ1) is 8.52. The van der Waals surface area contributed by atoms with E-state index in [0.717, 1.165) is 4.88 Å². The van der Waals surface area contributed by atoms with E-state index in [2.05, 4.69) is 5.32 Å². The molecule has 0 bridgehead atoms. The number of nitrogens with zero attached hydrogens (tertiary/aromatic N) is 1. The van der Waals surface area contributed by atoms with Crippen LogP contribution in [0.1, 0.15) is 31.6 Å². The fraction of sp³-hybridized carbons (Fsp3) is 0.500. The zero-order chi connectivity index (χ0) is 13.3. The largest absolute Gasteiger partial charge is 0.325 e. The maximum absolute atomic E-state index is 12.3. The molecule has 1 aromatic rings. The third-order valence-electron chi connectivity index (χ3n) is 3.40. The molecule has 0 saturated carbocycles. The van der Waals surface area contributed by atoms with Crippen molar-refractivity contribution in [3.05, 3.63) is 21.3 Å². The number of hydrogen-bond donors (Lipinski definition) is 1. The predicted octanol–water partition coefficient (Wildman–Crippen LogP) is 3.01. The van der Waals surface area contributed by atoms with Gasteiger partial charge in [-0.25, -0.2) is 4.79 Å². The van der Waals surface area contributed by atoms with Crippen LogP contribution in [-0.4, -0.2) is 22.4 Å². The van der Waals surface area contributed by atoms with E-state index in [4.69, 9.17) is 11.6 Å². The van der Waals surface area contributed by atoms with Gasteiger partial charge in [0.25, 0.3) is 5.91 Å². The first kappa shape index (κ1) is 13.4. The molecule has 2 heterocycles. The van der Waals surface area contributed by atoms with Crippen LogP contribution in [0.2, 0.25) is 4.34 Å². The van der Waals surface area contributed by atoms with Crippen LogP contribution in [0.5, 0.6) is 0 Å². The SMILES string of the molecule is CCC1(CC)NC(=O)N(Cc2ccc(Cl)s2)C1=O. The van der Waals surface area contributed by atoms with Crippen LogP contribution >= 0.6 is 22.9 Å². The molecule has 0 aromatic carbocycles. The van der Waals surface area contributed by atoms with Gasteiger partial charge in [0.2, 0.25) is 0 Å². The normalized spacial score (nSPS) is 18.3. The van der Waals surface area contributed by atoms with Crippen LogP contribution in [0.4, 0.5) is 4.79 Å². The molecule has 4 nitrogen and oxygen atoms in total. The molecule has 1 aromatic heterocycles. The Labute approximate surface area is 115 Å². The molecule has 0 unspecified atom stereocenters. The molecule has 0 atom stereocenters. The van der Waals surface area contributed by atoms with Gasteiger partial charge < -0.3 is 5.32 Å². The van der Waals surface area contributed by atoms with E-state index < -0.39 is 5.54 Å². The molecule has 1 aliphatic heterocycles. The van der Waals surface area contributed by atoms with Crippen molar-refractivity contribution >= 4 is 34.9 Å². The zero-order valence-corrected chi connectivity index (χ0v) is 11.9. The van der Waals surface area contributed by atoms with Crippen LogP contribution < -0.4 is 5.32 Å². The molecule has 1 fully saturated rings. The fourth-order valence-electron chi connectivity index (χ4n) is 2.14. The summed E-state index contributed by atoms with van der Waals surface area (Å²) in [6.45, 7) is 4.12. The third-order valence-corrected chi connectivity index (χ3v) is 4.61. The smallest absolute Gasteiger partial charge is 0.323 e. The van der Waals surface area contributed by atoms with Crippen LogP contribution in [0, 0.1) is 0 Å². The van der Waals surface area contributed by atoms with Gasteiger partial charge in [0, 0.05) is 4.88 Å². The van der Waals surface area contributed by atoms with E-state index in [9.17, 15) is 9.59 Å². The van der Waals surface area contributed by atoms with Crippen molar-refractivity contribution in [1.82, 2.24) is 10.2 Å². The molecule has 1 N–H and O–H groups in total. The predicted molar refractivity (Wildman–Crippen MR) is 71.7 cm³/mol. The zero-order valence-electron chi connectivity index (χ0n) is 10.3. The van der Waals surface area contributed by atoms with Crippen LogP contribution in [-0.2, 0) is 11.3 Å². The molecule has 6 heteroatoms. The monoisotopic (exact) mass is 286 g/mol. The van der Waals surface area contributed by atoms with Crippen LogP contribution in [0.3, 0.4) is 0 Å². The third kappa shape index (κ3) is 2.12. The average molecular weight is 287 g/mol. The van der Waals surface area contributed by atoms with Gasteiger partial charge in [-0.15, -0.1) is 11.3 Å². The van der Waals surface area contributed by atoms with Gasteiger partial charge in [0.05, 0.1) is 10.9 Å². The van der Waals surface area contributed by atoms with Crippen molar-refractivity contribution in [2.24, 2.45) is 0 Å². The highest BCUT2D eigenvalue weighted by molar-refractivity contribution is 7.16. The second-order valence-electron chi connectivity index (χ2n) is 4.32. The number of imide groups is 1. The van der Waals surface area contributed by atoms with Crippen LogP contribution in [0.15, 0.2) is 12.1 Å². The van der Waals surface area contributed by atoms with Crippen molar-refractivity contribution in [2.75, 3.05) is 0 Å². The summed E-state index contributed by atoms with van der Waals surface area (Å²) in [5.74, 6) is -0.137. The summed E-state index contributed by atoms with van der Waals surface area (Å²) >= 11 is 7.23. The van der Waals surface area contributed by atoms with E-state index in [1.807, 2.05) is 19.9 Å². The Hall–Kier alpha value is -1.07. The summed E-state index contributed by atoms with van der Waals surface area (Å²) in [5.41, 5.74) is -0.724. The minimum atomic E-state index is -0.724. The second-order valence-corrected chi connectivity index (χ2v) is 6.12. The Balaban J connectivity index is 2.19. The maximum Gasteiger partial charge on any atom is 0.325 e. The first-order valence-electron chi connectivity index (χ1n) is 5.90. The van der Waals surface area contributed by atoms with Crippen molar-refractivity contribution in [3.63, 3.8) is 0 Å². The number of thiophene rings is 1. The Bertz CT molecular complexity index is 482. The maximum atomic E-state index is 12.3. The van der Waals surface area contributed by atoms with Gasteiger partial charge in [-0.2, -0.15) is 0 Å². The summed E-state index contributed by atoms with van der Waals surface area (Å²) in [7, 11) is 0. The fourth-order valence-corrected chi connectivity index (χ4v) is 3.22. The summed E-state index contributed by atoms with van der Waals surface area (Å²) in [6.07, 6.45) is 1.21. The number of nitrogens with one attached hydrogen (secondary N) is 1. The number of urea groups is 1. The highest BCUT2D eigenvalue weighted by Crippen LogP contribution is 2.28. The second kappa shape index (κ2) is 4.90. The van der Waals surface area contributed by atoms with Gasteiger partial charge in [0.1, 0.15) is 5.54 Å².